The number of amides is 1. The van der Waals surface area contributed by atoms with Crippen LogP contribution in [0.3, 0.4) is 0 Å². The first-order valence-electron chi connectivity index (χ1n) is 8.53. The number of nitrogens with zero attached hydrogens (tertiary/aromatic N) is 6. The molecule has 0 radical (unpaired) electrons. The molecule has 0 aliphatic carbocycles. The summed E-state index contributed by atoms with van der Waals surface area (Å²) in [6.07, 6.45) is 6.95. The van der Waals surface area contributed by atoms with Crippen LogP contribution < -0.4 is 5.32 Å². The van der Waals surface area contributed by atoms with E-state index in [0.29, 0.717) is 25.3 Å². The zero-order chi connectivity index (χ0) is 17.8. The SMILES string of the molecule is O=C(c1cn(Cc2ccccn2)nn1)N1CCNCC1c1cccnc1. The van der Waals surface area contributed by atoms with Gasteiger partial charge in [0, 0.05) is 38.2 Å². The standard InChI is InChI=1S/C18H19N7O/c26-18(16-13-24(23-22-16)12-15-5-1-2-7-21-15)25-9-8-20-11-17(25)14-4-3-6-19-10-14/h1-7,10,13,17,20H,8-9,11-12H2. The van der Waals surface area contributed by atoms with Crippen LogP contribution in [-0.4, -0.2) is 55.4 Å². The fourth-order valence-corrected chi connectivity index (χ4v) is 3.10. The smallest absolute Gasteiger partial charge is 0.276 e. The molecule has 0 bridgehead atoms. The van der Waals surface area contributed by atoms with Gasteiger partial charge in [-0.05, 0) is 23.8 Å². The Morgan fingerprint density at radius 3 is 3.00 bits per heavy atom. The lowest BCUT2D eigenvalue weighted by molar-refractivity contribution is 0.0627. The van der Waals surface area contributed by atoms with Crippen molar-refractivity contribution in [2.24, 2.45) is 0 Å². The second-order valence-corrected chi connectivity index (χ2v) is 6.13. The molecule has 3 aromatic rings. The van der Waals surface area contributed by atoms with Gasteiger partial charge in [-0.1, -0.05) is 17.3 Å². The van der Waals surface area contributed by atoms with Crippen LogP contribution in [0.4, 0.5) is 0 Å². The second kappa shape index (κ2) is 7.40. The summed E-state index contributed by atoms with van der Waals surface area (Å²) in [5.74, 6) is -0.118. The first-order chi connectivity index (χ1) is 12.8. The molecule has 1 saturated heterocycles. The van der Waals surface area contributed by atoms with Gasteiger partial charge in [0.25, 0.3) is 5.91 Å². The van der Waals surface area contributed by atoms with Crippen LogP contribution in [0, 0.1) is 0 Å². The Kier molecular flexibility index (Phi) is 4.65. The topological polar surface area (TPSA) is 88.8 Å². The van der Waals surface area contributed by atoms with E-state index in [4.69, 9.17) is 0 Å². The van der Waals surface area contributed by atoms with Crippen molar-refractivity contribution in [1.29, 1.82) is 0 Å². The lowest BCUT2D eigenvalue weighted by Crippen LogP contribution is -2.48. The van der Waals surface area contributed by atoms with Crippen molar-refractivity contribution < 1.29 is 4.79 Å². The van der Waals surface area contributed by atoms with Crippen LogP contribution in [0.2, 0.25) is 0 Å². The molecule has 8 heteroatoms. The molecule has 0 aromatic carbocycles. The molecule has 1 aliphatic heterocycles. The Bertz CT molecular complexity index is 866. The predicted octanol–water partition coefficient (Wildman–Crippen LogP) is 0.903. The molecular weight excluding hydrogens is 330 g/mol. The maximum atomic E-state index is 13.0. The van der Waals surface area contributed by atoms with Crippen molar-refractivity contribution in [3.8, 4) is 0 Å². The number of carbonyl (C=O) groups is 1. The molecule has 1 N–H and O–H groups in total. The summed E-state index contributed by atoms with van der Waals surface area (Å²) in [7, 11) is 0. The molecule has 0 saturated carbocycles. The number of carbonyl (C=O) groups excluding carboxylic acids is 1. The van der Waals surface area contributed by atoms with E-state index in [-0.39, 0.29) is 11.9 Å². The van der Waals surface area contributed by atoms with Crippen molar-refractivity contribution in [2.45, 2.75) is 12.6 Å². The average Bonchev–Trinajstić information content (AvgIpc) is 3.17. The van der Waals surface area contributed by atoms with Crippen molar-refractivity contribution in [3.63, 3.8) is 0 Å². The second-order valence-electron chi connectivity index (χ2n) is 6.13. The highest BCUT2D eigenvalue weighted by molar-refractivity contribution is 5.92. The van der Waals surface area contributed by atoms with E-state index in [2.05, 4.69) is 25.6 Å². The van der Waals surface area contributed by atoms with Gasteiger partial charge in [-0.2, -0.15) is 0 Å². The molecule has 132 valence electrons. The molecule has 26 heavy (non-hydrogen) atoms. The third-order valence-electron chi connectivity index (χ3n) is 4.38. The van der Waals surface area contributed by atoms with Gasteiger partial charge in [-0.3, -0.25) is 14.8 Å². The highest BCUT2D eigenvalue weighted by Gasteiger charge is 2.30. The molecular formula is C18H19N7O. The van der Waals surface area contributed by atoms with Crippen LogP contribution in [0.5, 0.6) is 0 Å². The maximum Gasteiger partial charge on any atom is 0.276 e. The van der Waals surface area contributed by atoms with Gasteiger partial charge in [0.05, 0.1) is 24.5 Å². The van der Waals surface area contributed by atoms with Crippen molar-refractivity contribution >= 4 is 5.91 Å². The lowest BCUT2D eigenvalue weighted by atomic mass is 10.0. The van der Waals surface area contributed by atoms with Gasteiger partial charge in [0.2, 0.25) is 0 Å². The van der Waals surface area contributed by atoms with E-state index < -0.39 is 0 Å². The summed E-state index contributed by atoms with van der Waals surface area (Å²) in [6.45, 7) is 2.55. The molecule has 1 atom stereocenters. The minimum atomic E-state index is -0.118. The van der Waals surface area contributed by atoms with Crippen molar-refractivity contribution in [2.75, 3.05) is 19.6 Å². The fourth-order valence-electron chi connectivity index (χ4n) is 3.10. The minimum Gasteiger partial charge on any atom is -0.328 e. The quantitative estimate of drug-likeness (QED) is 0.753. The minimum absolute atomic E-state index is 0.0640. The summed E-state index contributed by atoms with van der Waals surface area (Å²) in [5.41, 5.74) is 2.22. The number of hydrogen-bond acceptors (Lipinski definition) is 6. The van der Waals surface area contributed by atoms with E-state index in [1.807, 2.05) is 35.2 Å². The Hall–Kier alpha value is -3.13. The average molecular weight is 349 g/mol. The van der Waals surface area contributed by atoms with Gasteiger partial charge in [-0.15, -0.1) is 5.10 Å². The normalized spacial score (nSPS) is 17.2. The molecule has 0 spiro atoms. The number of hydrogen-bond donors (Lipinski definition) is 1. The summed E-state index contributed by atoms with van der Waals surface area (Å²) in [6, 6.07) is 9.51. The number of pyridine rings is 2. The van der Waals surface area contributed by atoms with Crippen LogP contribution >= 0.6 is 0 Å². The highest BCUT2D eigenvalue weighted by atomic mass is 16.2. The highest BCUT2D eigenvalue weighted by Crippen LogP contribution is 2.23. The maximum absolute atomic E-state index is 13.0. The largest absolute Gasteiger partial charge is 0.328 e. The number of rotatable bonds is 4. The fraction of sp³-hybridized carbons (Fsp3) is 0.278. The first-order valence-corrected chi connectivity index (χ1v) is 8.53. The van der Waals surface area contributed by atoms with Gasteiger partial charge >= 0.3 is 0 Å². The zero-order valence-corrected chi connectivity index (χ0v) is 14.2. The Balaban J connectivity index is 1.53. The van der Waals surface area contributed by atoms with Gasteiger partial charge in [-0.25, -0.2) is 4.68 Å². The third-order valence-corrected chi connectivity index (χ3v) is 4.38. The summed E-state index contributed by atoms with van der Waals surface area (Å²) < 4.78 is 1.64. The van der Waals surface area contributed by atoms with E-state index in [1.54, 1.807) is 29.5 Å². The Morgan fingerprint density at radius 2 is 2.19 bits per heavy atom. The van der Waals surface area contributed by atoms with Gasteiger partial charge in [0.1, 0.15) is 0 Å². The number of aromatic nitrogens is 5. The third kappa shape index (κ3) is 3.45. The molecule has 1 fully saturated rings. The summed E-state index contributed by atoms with van der Waals surface area (Å²) in [5, 5.41) is 11.5. The van der Waals surface area contributed by atoms with Crippen molar-refractivity contribution in [3.05, 3.63) is 72.1 Å². The summed E-state index contributed by atoms with van der Waals surface area (Å²) in [4.78, 5) is 23.3. The zero-order valence-electron chi connectivity index (χ0n) is 14.2. The number of nitrogens with one attached hydrogen (secondary N) is 1. The Morgan fingerprint density at radius 1 is 1.23 bits per heavy atom. The number of piperazine rings is 1. The van der Waals surface area contributed by atoms with E-state index in [1.165, 1.54) is 0 Å². The lowest BCUT2D eigenvalue weighted by Gasteiger charge is -2.35. The molecule has 4 rings (SSSR count). The molecule has 4 heterocycles. The van der Waals surface area contributed by atoms with Crippen LogP contribution in [0.15, 0.2) is 55.1 Å². The van der Waals surface area contributed by atoms with Crippen LogP contribution in [-0.2, 0) is 6.54 Å². The Labute approximate surface area is 150 Å². The van der Waals surface area contributed by atoms with Gasteiger partial charge < -0.3 is 10.2 Å². The van der Waals surface area contributed by atoms with Crippen molar-refractivity contribution in [1.82, 2.24) is 35.2 Å². The predicted molar refractivity (Wildman–Crippen MR) is 94.2 cm³/mol. The van der Waals surface area contributed by atoms with Crippen LogP contribution in [0.25, 0.3) is 0 Å². The molecule has 1 unspecified atom stereocenters. The van der Waals surface area contributed by atoms with E-state index >= 15 is 0 Å². The van der Waals surface area contributed by atoms with E-state index in [9.17, 15) is 4.79 Å². The molecule has 8 nitrogen and oxygen atoms in total. The van der Waals surface area contributed by atoms with E-state index in [0.717, 1.165) is 17.8 Å². The summed E-state index contributed by atoms with van der Waals surface area (Å²) >= 11 is 0. The molecule has 1 amide bonds. The molecule has 3 aromatic heterocycles. The first kappa shape index (κ1) is 16.3. The molecule has 1 aliphatic rings. The van der Waals surface area contributed by atoms with Gasteiger partial charge in [0.15, 0.2) is 5.69 Å². The monoisotopic (exact) mass is 349 g/mol. The van der Waals surface area contributed by atoms with Crippen LogP contribution in [0.1, 0.15) is 27.8 Å².